The van der Waals surface area contributed by atoms with E-state index in [1.54, 1.807) is 0 Å². The summed E-state index contributed by atoms with van der Waals surface area (Å²) in [5.74, 6) is 0.918. The van der Waals surface area contributed by atoms with Gasteiger partial charge in [0.25, 0.3) is 5.69 Å². The van der Waals surface area contributed by atoms with Gasteiger partial charge < -0.3 is 4.74 Å². The van der Waals surface area contributed by atoms with Gasteiger partial charge in [-0.15, -0.1) is 0 Å². The quantitative estimate of drug-likeness (QED) is 0.530. The molecule has 0 radical (unpaired) electrons. The Morgan fingerprint density at radius 1 is 1.08 bits per heavy atom. The molecule has 0 saturated heterocycles. The minimum absolute atomic E-state index is 0.0664. The zero-order valence-electron chi connectivity index (χ0n) is 15.7. The number of nitrogens with zero attached hydrogens (tertiary/aromatic N) is 1. The Morgan fingerprint density at radius 3 is 2.50 bits per heavy atom. The molecule has 3 nitrogen and oxygen atoms in total. The largest absolute Gasteiger partial charge is 0.487 e. The normalized spacial score (nSPS) is 25.3. The van der Waals surface area contributed by atoms with Gasteiger partial charge in [0.1, 0.15) is 11.4 Å². The third kappa shape index (κ3) is 2.13. The van der Waals surface area contributed by atoms with Gasteiger partial charge in [-0.1, -0.05) is 19.9 Å². The van der Waals surface area contributed by atoms with Crippen molar-refractivity contribution in [1.82, 2.24) is 0 Å². The van der Waals surface area contributed by atoms with E-state index in [0.717, 1.165) is 47.5 Å². The molecule has 0 saturated carbocycles. The van der Waals surface area contributed by atoms with Crippen LogP contribution < -0.4 is 4.74 Å². The Hall–Kier alpha value is -1.77. The molecule has 1 aromatic carbocycles. The van der Waals surface area contributed by atoms with Crippen molar-refractivity contribution in [3.05, 3.63) is 29.3 Å². The van der Waals surface area contributed by atoms with E-state index in [4.69, 9.17) is 4.74 Å². The van der Waals surface area contributed by atoms with Crippen LogP contribution in [0.3, 0.4) is 0 Å². The van der Waals surface area contributed by atoms with Crippen LogP contribution in [0.1, 0.15) is 65.5 Å². The average Bonchev–Trinajstić information content (AvgIpc) is 2.68. The molecule has 3 aliphatic rings. The Balaban J connectivity index is 1.97. The minimum Gasteiger partial charge on any atom is -0.487 e. The molecule has 0 amide bonds. The molecule has 0 fully saturated rings. The predicted octanol–water partition coefficient (Wildman–Crippen LogP) is 5.12. The van der Waals surface area contributed by atoms with Gasteiger partial charge in [-0.2, -0.15) is 0 Å². The van der Waals surface area contributed by atoms with E-state index >= 15 is 0 Å². The maximum atomic E-state index is 11.1. The van der Waals surface area contributed by atoms with Gasteiger partial charge in [-0.25, -0.2) is 0 Å². The Kier molecular flexibility index (Phi) is 2.91. The first-order valence-electron chi connectivity index (χ1n) is 8.96. The molecular formula is C21H28NO2+. The summed E-state index contributed by atoms with van der Waals surface area (Å²) in [6.07, 6.45) is 5.26. The van der Waals surface area contributed by atoms with Gasteiger partial charge >= 0.3 is 0 Å². The fourth-order valence-corrected chi connectivity index (χ4v) is 5.00. The summed E-state index contributed by atoms with van der Waals surface area (Å²) < 4.78 is 7.63. The highest BCUT2D eigenvalue weighted by Crippen LogP contribution is 2.53. The summed E-state index contributed by atoms with van der Waals surface area (Å²) in [7, 11) is 0. The summed E-state index contributed by atoms with van der Waals surface area (Å²) in [6, 6.07) is 4.20. The van der Waals surface area contributed by atoms with Crippen LogP contribution in [0, 0.1) is 10.8 Å². The zero-order chi connectivity index (χ0) is 17.5. The van der Waals surface area contributed by atoms with Crippen molar-refractivity contribution in [2.24, 2.45) is 10.8 Å². The standard InChI is InChI=1S/C21H28NO2/c1-19(2)11-15-13-7-8-16-14(9-10-21(5,6)24-16)17(13)22(23)18(15)20(3,4)12-19/h7-8,11,23H,9-10,12H2,1-6H3/q+1. The monoisotopic (exact) mass is 326 g/mol. The van der Waals surface area contributed by atoms with E-state index in [1.807, 2.05) is 0 Å². The lowest BCUT2D eigenvalue weighted by atomic mass is 9.65. The van der Waals surface area contributed by atoms with Crippen molar-refractivity contribution in [1.29, 1.82) is 0 Å². The third-order valence-electron chi connectivity index (χ3n) is 5.65. The summed E-state index contributed by atoms with van der Waals surface area (Å²) in [5.41, 5.74) is 5.38. The van der Waals surface area contributed by atoms with Gasteiger partial charge in [0.05, 0.1) is 22.1 Å². The lowest BCUT2D eigenvalue weighted by Crippen LogP contribution is -2.37. The first kappa shape index (κ1) is 15.7. The number of rotatable bonds is 0. The first-order valence-corrected chi connectivity index (χ1v) is 8.96. The fourth-order valence-electron chi connectivity index (χ4n) is 5.00. The lowest BCUT2D eigenvalue weighted by Gasteiger charge is -2.35. The fraction of sp³-hybridized carbons (Fsp3) is 0.571. The second-order valence-corrected chi connectivity index (χ2v) is 9.57. The van der Waals surface area contributed by atoms with Crippen LogP contribution in [0.25, 0.3) is 5.57 Å². The van der Waals surface area contributed by atoms with Crippen LogP contribution in [-0.2, 0) is 6.42 Å². The highest BCUT2D eigenvalue weighted by atomic mass is 16.5. The Morgan fingerprint density at radius 2 is 1.79 bits per heavy atom. The van der Waals surface area contributed by atoms with E-state index in [1.165, 1.54) is 10.3 Å². The molecule has 1 aromatic rings. The summed E-state index contributed by atoms with van der Waals surface area (Å²) in [4.78, 5) is 0. The van der Waals surface area contributed by atoms with Crippen LogP contribution in [-0.4, -0.2) is 21.3 Å². The predicted molar refractivity (Wildman–Crippen MR) is 96.3 cm³/mol. The van der Waals surface area contributed by atoms with Crippen molar-refractivity contribution in [3.8, 4) is 5.75 Å². The van der Waals surface area contributed by atoms with Crippen LogP contribution in [0.2, 0.25) is 0 Å². The van der Waals surface area contributed by atoms with Gasteiger partial charge in [0.15, 0.2) is 0 Å². The van der Waals surface area contributed by atoms with Crippen molar-refractivity contribution in [2.75, 3.05) is 0 Å². The zero-order valence-corrected chi connectivity index (χ0v) is 15.7. The highest BCUT2D eigenvalue weighted by Gasteiger charge is 2.52. The molecular weight excluding hydrogens is 298 g/mol. The molecule has 24 heavy (non-hydrogen) atoms. The van der Waals surface area contributed by atoms with E-state index < -0.39 is 0 Å². The van der Waals surface area contributed by atoms with Crippen LogP contribution in [0.15, 0.2) is 18.2 Å². The number of ether oxygens (including phenoxy) is 1. The van der Waals surface area contributed by atoms with Crippen molar-refractivity contribution < 1.29 is 14.7 Å². The number of hydrogen-bond donors (Lipinski definition) is 1. The average molecular weight is 326 g/mol. The molecule has 1 aliphatic carbocycles. The smallest absolute Gasteiger partial charge is 0.272 e. The molecule has 0 bridgehead atoms. The number of fused-ring (bicyclic) bond motifs is 5. The van der Waals surface area contributed by atoms with Gasteiger partial charge in [0.2, 0.25) is 5.71 Å². The lowest BCUT2D eigenvalue weighted by molar-refractivity contribution is -0.712. The summed E-state index contributed by atoms with van der Waals surface area (Å²) >= 11 is 0. The topological polar surface area (TPSA) is 32.5 Å². The summed E-state index contributed by atoms with van der Waals surface area (Å²) in [5, 5.41) is 11.1. The molecule has 0 spiro atoms. The van der Waals surface area contributed by atoms with Gasteiger partial charge in [-0.3, -0.25) is 5.21 Å². The van der Waals surface area contributed by atoms with Gasteiger partial charge in [0, 0.05) is 4.74 Å². The Labute approximate surface area is 144 Å². The molecule has 3 heteroatoms. The second kappa shape index (κ2) is 4.44. The van der Waals surface area contributed by atoms with Gasteiger partial charge in [-0.05, 0) is 64.5 Å². The molecule has 2 aliphatic heterocycles. The molecule has 1 N–H and O–H groups in total. The van der Waals surface area contributed by atoms with Crippen molar-refractivity contribution in [2.45, 2.75) is 66.4 Å². The highest BCUT2D eigenvalue weighted by molar-refractivity contribution is 6.27. The minimum atomic E-state index is -0.138. The maximum absolute atomic E-state index is 11.1. The van der Waals surface area contributed by atoms with E-state index in [-0.39, 0.29) is 16.4 Å². The van der Waals surface area contributed by atoms with Crippen LogP contribution in [0.5, 0.6) is 5.75 Å². The molecule has 0 unspecified atom stereocenters. The second-order valence-electron chi connectivity index (χ2n) is 9.57. The Bertz CT molecular complexity index is 809. The molecule has 0 aromatic heterocycles. The maximum Gasteiger partial charge on any atom is 0.272 e. The van der Waals surface area contributed by atoms with E-state index in [2.05, 4.69) is 59.8 Å². The molecule has 2 heterocycles. The molecule has 4 rings (SSSR count). The third-order valence-corrected chi connectivity index (χ3v) is 5.65. The van der Waals surface area contributed by atoms with E-state index in [0.29, 0.717) is 0 Å². The molecule has 0 atom stereocenters. The van der Waals surface area contributed by atoms with E-state index in [9.17, 15) is 5.21 Å². The number of allylic oxidation sites excluding steroid dienone is 2. The number of hydrogen-bond acceptors (Lipinski definition) is 2. The van der Waals surface area contributed by atoms with Crippen molar-refractivity contribution in [3.63, 3.8) is 0 Å². The first-order chi connectivity index (χ1) is 11.0. The number of benzene rings is 1. The molecule has 128 valence electrons. The van der Waals surface area contributed by atoms with Crippen LogP contribution in [0.4, 0.5) is 5.69 Å². The SMILES string of the molecule is CC1(C)C=C2C(=[N+](O)c3c2ccc2c3CCC(C)(C)O2)C(C)(C)C1. The summed E-state index contributed by atoms with van der Waals surface area (Å²) in [6.45, 7) is 13.3. The van der Waals surface area contributed by atoms with Crippen LogP contribution >= 0.6 is 0 Å². The van der Waals surface area contributed by atoms with Crippen molar-refractivity contribution >= 4 is 17.0 Å².